The van der Waals surface area contributed by atoms with E-state index in [0.717, 1.165) is 37.5 Å². The van der Waals surface area contributed by atoms with Gasteiger partial charge in [-0.2, -0.15) is 4.39 Å². The van der Waals surface area contributed by atoms with E-state index < -0.39 is 34.1 Å². The zero-order valence-corrected chi connectivity index (χ0v) is 19.9. The van der Waals surface area contributed by atoms with Crippen molar-refractivity contribution in [1.82, 2.24) is 14.6 Å². The van der Waals surface area contributed by atoms with Crippen molar-refractivity contribution < 1.29 is 31.8 Å². The highest BCUT2D eigenvalue weighted by Gasteiger charge is 2.44. The second-order valence-electron chi connectivity index (χ2n) is 9.24. The fourth-order valence-corrected chi connectivity index (χ4v) is 5.92. The number of rotatable bonds is 2. The third kappa shape index (κ3) is 5.93. The van der Waals surface area contributed by atoms with Crippen LogP contribution < -0.4 is 9.46 Å². The SMILES string of the molecule is CC1CC(NS(C)(=O)=O)C2COC3CCC(CC3)c3cnc(F)c(c3)OCCCOC(=O)N12. The van der Waals surface area contributed by atoms with E-state index in [0.29, 0.717) is 12.8 Å². The van der Waals surface area contributed by atoms with Crippen LogP contribution >= 0.6 is 0 Å². The summed E-state index contributed by atoms with van der Waals surface area (Å²) in [5.41, 5.74) is 0.953. The van der Waals surface area contributed by atoms with Crippen LogP contribution in [0.5, 0.6) is 5.75 Å². The van der Waals surface area contributed by atoms with Gasteiger partial charge in [0.1, 0.15) is 0 Å². The predicted octanol–water partition coefficient (Wildman–Crippen LogP) is 2.56. The van der Waals surface area contributed by atoms with Gasteiger partial charge in [0.2, 0.25) is 10.0 Å². The molecule has 1 aromatic heterocycles. The summed E-state index contributed by atoms with van der Waals surface area (Å²) in [4.78, 5) is 18.3. The van der Waals surface area contributed by atoms with Crippen LogP contribution in [0.15, 0.2) is 12.3 Å². The van der Waals surface area contributed by atoms with Crippen molar-refractivity contribution in [2.24, 2.45) is 0 Å². The number of nitrogens with zero attached hydrogens (tertiary/aromatic N) is 2. The summed E-state index contributed by atoms with van der Waals surface area (Å²) in [6.07, 6.45) is 6.41. The molecule has 1 aromatic rings. The quantitative estimate of drug-likeness (QED) is 0.642. The summed E-state index contributed by atoms with van der Waals surface area (Å²) in [5.74, 6) is -0.281. The number of halogens is 1. The molecular formula is C22H32FN3O6S. The lowest BCUT2D eigenvalue weighted by molar-refractivity contribution is -0.0106. The highest BCUT2D eigenvalue weighted by Crippen LogP contribution is 2.36. The first-order valence-electron chi connectivity index (χ1n) is 11.5. The largest absolute Gasteiger partial charge is 0.489 e. The Labute approximate surface area is 194 Å². The van der Waals surface area contributed by atoms with Gasteiger partial charge in [-0.1, -0.05) is 0 Å². The number of nitrogens with one attached hydrogen (secondary N) is 1. The molecule has 0 spiro atoms. The van der Waals surface area contributed by atoms with E-state index in [9.17, 15) is 17.6 Å². The maximum Gasteiger partial charge on any atom is 0.410 e. The molecule has 1 amide bonds. The van der Waals surface area contributed by atoms with Crippen molar-refractivity contribution in [3.05, 3.63) is 23.8 Å². The Kier molecular flexibility index (Phi) is 7.40. The number of ether oxygens (including phenoxy) is 3. The Bertz CT molecular complexity index is 953. The monoisotopic (exact) mass is 485 g/mol. The first kappa shape index (κ1) is 24.2. The van der Waals surface area contributed by atoms with Gasteiger partial charge in [0.15, 0.2) is 5.75 Å². The Hall–Kier alpha value is -1.98. The third-order valence-electron chi connectivity index (χ3n) is 6.72. The van der Waals surface area contributed by atoms with Crippen molar-refractivity contribution >= 4 is 16.1 Å². The summed E-state index contributed by atoms with van der Waals surface area (Å²) < 4.78 is 57.8. The molecule has 4 aliphatic rings. The van der Waals surface area contributed by atoms with Gasteiger partial charge in [0.05, 0.1) is 38.2 Å². The molecule has 1 aliphatic carbocycles. The summed E-state index contributed by atoms with van der Waals surface area (Å²) in [6, 6.07) is 0.610. The van der Waals surface area contributed by atoms with Gasteiger partial charge in [-0.25, -0.2) is 22.9 Å². The molecule has 184 valence electrons. The molecule has 1 saturated carbocycles. The summed E-state index contributed by atoms with van der Waals surface area (Å²) in [5, 5.41) is 0. The molecule has 1 saturated heterocycles. The van der Waals surface area contributed by atoms with Crippen molar-refractivity contribution in [3.63, 3.8) is 0 Å². The lowest BCUT2D eigenvalue weighted by Crippen LogP contribution is -2.50. The van der Waals surface area contributed by atoms with Gasteiger partial charge in [-0.15, -0.1) is 0 Å². The number of carbonyl (C=O) groups excluding carboxylic acids is 1. The second kappa shape index (κ2) is 10.1. The Balaban J connectivity index is 1.53. The number of aromatic nitrogens is 1. The van der Waals surface area contributed by atoms with Gasteiger partial charge in [0.25, 0.3) is 5.95 Å². The van der Waals surface area contributed by atoms with Crippen LogP contribution in [0.1, 0.15) is 56.9 Å². The van der Waals surface area contributed by atoms with E-state index in [1.807, 2.05) is 6.92 Å². The molecule has 4 heterocycles. The Morgan fingerprint density at radius 3 is 2.64 bits per heavy atom. The van der Waals surface area contributed by atoms with E-state index in [1.54, 1.807) is 17.2 Å². The topological polar surface area (TPSA) is 107 Å². The van der Waals surface area contributed by atoms with Crippen molar-refractivity contribution in [2.45, 2.75) is 75.6 Å². The van der Waals surface area contributed by atoms with Gasteiger partial charge in [0, 0.05) is 24.7 Å². The number of pyridine rings is 1. The molecule has 5 rings (SSSR count). The third-order valence-corrected chi connectivity index (χ3v) is 7.45. The van der Waals surface area contributed by atoms with Crippen LogP contribution in [0.2, 0.25) is 0 Å². The summed E-state index contributed by atoms with van der Waals surface area (Å²) in [6.45, 7) is 2.38. The molecule has 3 unspecified atom stereocenters. The minimum absolute atomic E-state index is 0.00808. The maximum atomic E-state index is 14.1. The molecule has 0 aromatic carbocycles. The van der Waals surface area contributed by atoms with E-state index in [1.165, 1.54) is 0 Å². The van der Waals surface area contributed by atoms with Crippen LogP contribution in [0, 0.1) is 5.95 Å². The number of amides is 1. The number of fused-ring (bicyclic) bond motifs is 8. The standard InChI is InChI=1S/C22H32FN3O6S/c1-14-10-18(25-33(2,28)29)19-13-32-17-6-4-15(5-7-17)16-11-20(21(23)24-12-16)30-8-3-9-31-22(27)26(14)19/h11-12,14-15,17-19,25H,3-10,13H2,1-2H3. The predicted molar refractivity (Wildman–Crippen MR) is 118 cm³/mol. The average Bonchev–Trinajstić information content (AvgIpc) is 3.06. The lowest BCUT2D eigenvalue weighted by atomic mass is 9.83. The minimum atomic E-state index is -3.45. The van der Waals surface area contributed by atoms with Crippen molar-refractivity contribution in [2.75, 3.05) is 26.1 Å². The number of carbonyl (C=O) groups is 1. The van der Waals surface area contributed by atoms with Gasteiger partial charge in [-0.05, 0) is 56.6 Å². The van der Waals surface area contributed by atoms with Crippen LogP contribution in [0.3, 0.4) is 0 Å². The smallest absolute Gasteiger partial charge is 0.410 e. The molecule has 0 radical (unpaired) electrons. The van der Waals surface area contributed by atoms with Gasteiger partial charge >= 0.3 is 6.09 Å². The van der Waals surface area contributed by atoms with Crippen LogP contribution in [0.4, 0.5) is 9.18 Å². The number of sulfonamides is 1. The normalized spacial score (nSPS) is 31.4. The van der Waals surface area contributed by atoms with Crippen molar-refractivity contribution in [3.8, 4) is 5.75 Å². The highest BCUT2D eigenvalue weighted by atomic mass is 32.2. The molecule has 33 heavy (non-hydrogen) atoms. The summed E-state index contributed by atoms with van der Waals surface area (Å²) >= 11 is 0. The van der Waals surface area contributed by atoms with Crippen LogP contribution in [-0.2, 0) is 19.5 Å². The molecule has 3 aliphatic heterocycles. The minimum Gasteiger partial charge on any atom is -0.489 e. The Morgan fingerprint density at radius 2 is 1.91 bits per heavy atom. The Morgan fingerprint density at radius 1 is 1.18 bits per heavy atom. The number of hydrogen-bond donors (Lipinski definition) is 1. The molecule has 2 fully saturated rings. The van der Waals surface area contributed by atoms with Crippen LogP contribution in [-0.4, -0.2) is 74.7 Å². The van der Waals surface area contributed by atoms with Crippen LogP contribution in [0.25, 0.3) is 0 Å². The highest BCUT2D eigenvalue weighted by molar-refractivity contribution is 7.88. The average molecular weight is 486 g/mol. The maximum absolute atomic E-state index is 14.1. The van der Waals surface area contributed by atoms with E-state index in [4.69, 9.17) is 14.2 Å². The zero-order valence-electron chi connectivity index (χ0n) is 19.0. The summed E-state index contributed by atoms with van der Waals surface area (Å²) in [7, 11) is -3.45. The van der Waals surface area contributed by atoms with E-state index in [-0.39, 0.29) is 43.6 Å². The zero-order chi connectivity index (χ0) is 23.6. The number of hydrogen-bond acceptors (Lipinski definition) is 7. The lowest BCUT2D eigenvalue weighted by Gasteiger charge is -2.33. The van der Waals surface area contributed by atoms with E-state index >= 15 is 0 Å². The fraction of sp³-hybridized carbons (Fsp3) is 0.727. The molecule has 11 heteroatoms. The molecule has 3 atom stereocenters. The first-order chi connectivity index (χ1) is 15.7. The molecule has 9 nitrogen and oxygen atoms in total. The fourth-order valence-electron chi connectivity index (χ4n) is 5.11. The molecular weight excluding hydrogens is 453 g/mol. The van der Waals surface area contributed by atoms with Crippen molar-refractivity contribution in [1.29, 1.82) is 0 Å². The van der Waals surface area contributed by atoms with E-state index in [2.05, 4.69) is 9.71 Å². The molecule has 1 N–H and O–H groups in total. The first-order valence-corrected chi connectivity index (χ1v) is 13.4. The molecule has 4 bridgehead atoms. The van der Waals surface area contributed by atoms with Gasteiger partial charge < -0.3 is 14.2 Å². The second-order valence-corrected chi connectivity index (χ2v) is 11.0. The van der Waals surface area contributed by atoms with Gasteiger partial charge in [-0.3, -0.25) is 4.90 Å².